The summed E-state index contributed by atoms with van der Waals surface area (Å²) in [5.74, 6) is 0.252. The molecule has 0 spiro atoms. The SMILES string of the molecule is COC(=O)c1nn(C(C)C)c(N)c1C(C)C. The second-order valence-electron chi connectivity index (χ2n) is 4.33. The van der Waals surface area contributed by atoms with Crippen LogP contribution < -0.4 is 5.73 Å². The molecule has 0 saturated carbocycles. The highest BCUT2D eigenvalue weighted by Gasteiger charge is 2.24. The number of ether oxygens (including phenoxy) is 1. The van der Waals surface area contributed by atoms with E-state index in [0.29, 0.717) is 11.5 Å². The lowest BCUT2D eigenvalue weighted by Gasteiger charge is -2.09. The van der Waals surface area contributed by atoms with Gasteiger partial charge in [0.05, 0.1) is 7.11 Å². The molecule has 0 aliphatic heterocycles. The van der Waals surface area contributed by atoms with Gasteiger partial charge in [-0.3, -0.25) is 0 Å². The van der Waals surface area contributed by atoms with Gasteiger partial charge < -0.3 is 10.5 Å². The number of carbonyl (C=O) groups excluding carboxylic acids is 1. The Hall–Kier alpha value is -1.52. The van der Waals surface area contributed by atoms with Crippen molar-refractivity contribution in [1.29, 1.82) is 0 Å². The summed E-state index contributed by atoms with van der Waals surface area (Å²) in [5.41, 5.74) is 7.08. The van der Waals surface area contributed by atoms with Gasteiger partial charge in [0.1, 0.15) is 5.82 Å². The number of methoxy groups -OCH3 is 1. The summed E-state index contributed by atoms with van der Waals surface area (Å²) >= 11 is 0. The molecule has 0 amide bonds. The van der Waals surface area contributed by atoms with E-state index in [4.69, 9.17) is 10.5 Å². The van der Waals surface area contributed by atoms with Crippen LogP contribution in [0.2, 0.25) is 0 Å². The zero-order chi connectivity index (χ0) is 12.5. The molecule has 0 bridgehead atoms. The number of nitrogens with two attached hydrogens (primary N) is 1. The van der Waals surface area contributed by atoms with Crippen LogP contribution in [0.1, 0.15) is 55.7 Å². The average Bonchev–Trinajstić information content (AvgIpc) is 2.54. The molecule has 5 nitrogen and oxygen atoms in total. The van der Waals surface area contributed by atoms with Crippen LogP contribution in [0.3, 0.4) is 0 Å². The van der Waals surface area contributed by atoms with E-state index < -0.39 is 5.97 Å². The summed E-state index contributed by atoms with van der Waals surface area (Å²) < 4.78 is 6.36. The molecule has 0 radical (unpaired) electrons. The van der Waals surface area contributed by atoms with Crippen molar-refractivity contribution in [3.05, 3.63) is 11.3 Å². The Balaban J connectivity index is 3.37. The van der Waals surface area contributed by atoms with Crippen molar-refractivity contribution in [2.24, 2.45) is 0 Å². The van der Waals surface area contributed by atoms with Crippen LogP contribution in [-0.4, -0.2) is 22.9 Å². The lowest BCUT2D eigenvalue weighted by Crippen LogP contribution is -2.08. The first-order valence-electron chi connectivity index (χ1n) is 5.36. The monoisotopic (exact) mass is 225 g/mol. The molecule has 0 aromatic carbocycles. The van der Waals surface area contributed by atoms with Gasteiger partial charge in [0.2, 0.25) is 0 Å². The molecule has 0 aliphatic rings. The third-order valence-electron chi connectivity index (χ3n) is 2.43. The van der Waals surface area contributed by atoms with Crippen LogP contribution in [0.25, 0.3) is 0 Å². The van der Waals surface area contributed by atoms with Gasteiger partial charge in [-0.05, 0) is 19.8 Å². The third kappa shape index (κ3) is 2.03. The number of nitrogen functional groups attached to an aromatic ring is 1. The van der Waals surface area contributed by atoms with Gasteiger partial charge in [-0.15, -0.1) is 0 Å². The Kier molecular flexibility index (Phi) is 3.57. The number of esters is 1. The number of hydrogen-bond donors (Lipinski definition) is 1. The molecule has 2 N–H and O–H groups in total. The van der Waals surface area contributed by atoms with Gasteiger partial charge >= 0.3 is 5.97 Å². The minimum absolute atomic E-state index is 0.121. The van der Waals surface area contributed by atoms with Gasteiger partial charge in [-0.1, -0.05) is 13.8 Å². The lowest BCUT2D eigenvalue weighted by atomic mass is 10.0. The molecule has 1 aromatic rings. The van der Waals surface area contributed by atoms with Crippen LogP contribution in [-0.2, 0) is 4.74 Å². The van der Waals surface area contributed by atoms with Crippen LogP contribution in [0.5, 0.6) is 0 Å². The largest absolute Gasteiger partial charge is 0.464 e. The Labute approximate surface area is 95.6 Å². The van der Waals surface area contributed by atoms with Gasteiger partial charge in [-0.25, -0.2) is 9.48 Å². The van der Waals surface area contributed by atoms with E-state index in [2.05, 4.69) is 5.10 Å². The first-order valence-corrected chi connectivity index (χ1v) is 5.36. The average molecular weight is 225 g/mol. The summed E-state index contributed by atoms with van der Waals surface area (Å²) in [6.07, 6.45) is 0. The quantitative estimate of drug-likeness (QED) is 0.798. The highest BCUT2D eigenvalue weighted by atomic mass is 16.5. The number of aromatic nitrogens is 2. The molecule has 90 valence electrons. The molecular formula is C11H19N3O2. The van der Waals surface area contributed by atoms with E-state index in [-0.39, 0.29) is 12.0 Å². The Morgan fingerprint density at radius 2 is 1.94 bits per heavy atom. The van der Waals surface area contributed by atoms with Gasteiger partial charge in [0.25, 0.3) is 0 Å². The summed E-state index contributed by atoms with van der Waals surface area (Å²) in [6.45, 7) is 7.89. The predicted molar refractivity (Wildman–Crippen MR) is 62.5 cm³/mol. The van der Waals surface area contributed by atoms with E-state index in [1.165, 1.54) is 7.11 Å². The van der Waals surface area contributed by atoms with Crippen molar-refractivity contribution in [1.82, 2.24) is 9.78 Å². The Bertz CT molecular complexity index is 394. The lowest BCUT2D eigenvalue weighted by molar-refractivity contribution is 0.0591. The van der Waals surface area contributed by atoms with E-state index >= 15 is 0 Å². The van der Waals surface area contributed by atoms with Gasteiger partial charge in [-0.2, -0.15) is 5.10 Å². The Morgan fingerprint density at radius 1 is 1.38 bits per heavy atom. The molecule has 0 unspecified atom stereocenters. The first kappa shape index (κ1) is 12.5. The first-order chi connectivity index (χ1) is 7.40. The fourth-order valence-electron chi connectivity index (χ4n) is 1.67. The van der Waals surface area contributed by atoms with E-state index in [1.54, 1.807) is 4.68 Å². The minimum atomic E-state index is -0.435. The second kappa shape index (κ2) is 4.55. The molecule has 16 heavy (non-hydrogen) atoms. The maximum atomic E-state index is 11.6. The normalized spacial score (nSPS) is 11.2. The van der Waals surface area contributed by atoms with Crippen LogP contribution in [0, 0.1) is 0 Å². The van der Waals surface area contributed by atoms with Crippen LogP contribution in [0.15, 0.2) is 0 Å². The maximum absolute atomic E-state index is 11.6. The highest BCUT2D eigenvalue weighted by molar-refractivity contribution is 5.90. The standard InChI is InChI=1S/C11H19N3O2/c1-6(2)8-9(11(15)16-5)13-14(7(3)4)10(8)12/h6-7H,12H2,1-5H3. The molecule has 5 heteroatoms. The number of rotatable bonds is 3. The van der Waals surface area contributed by atoms with Crippen molar-refractivity contribution in [2.45, 2.75) is 39.7 Å². The molecule has 0 atom stereocenters. The van der Waals surface area contributed by atoms with Crippen molar-refractivity contribution in [2.75, 3.05) is 12.8 Å². The maximum Gasteiger partial charge on any atom is 0.358 e. The molecule has 0 fully saturated rings. The fourth-order valence-corrected chi connectivity index (χ4v) is 1.67. The number of nitrogens with zero attached hydrogens (tertiary/aromatic N) is 2. The zero-order valence-electron chi connectivity index (χ0n) is 10.4. The number of carbonyl (C=O) groups is 1. The summed E-state index contributed by atoms with van der Waals surface area (Å²) in [4.78, 5) is 11.6. The molecule has 1 aromatic heterocycles. The second-order valence-corrected chi connectivity index (χ2v) is 4.33. The molecule has 0 saturated heterocycles. The van der Waals surface area contributed by atoms with Gasteiger partial charge in [0, 0.05) is 11.6 Å². The Morgan fingerprint density at radius 3 is 2.31 bits per heavy atom. The summed E-state index contributed by atoms with van der Waals surface area (Å²) in [5, 5.41) is 4.22. The van der Waals surface area contributed by atoms with Gasteiger partial charge in [0.15, 0.2) is 5.69 Å². The number of hydrogen-bond acceptors (Lipinski definition) is 4. The summed E-state index contributed by atoms with van der Waals surface area (Å²) in [7, 11) is 1.34. The zero-order valence-corrected chi connectivity index (χ0v) is 10.4. The molecule has 1 rings (SSSR count). The molecular weight excluding hydrogens is 206 g/mol. The molecule has 0 aliphatic carbocycles. The van der Waals surface area contributed by atoms with E-state index in [1.807, 2.05) is 27.7 Å². The van der Waals surface area contributed by atoms with Crippen molar-refractivity contribution in [3.8, 4) is 0 Å². The van der Waals surface area contributed by atoms with Crippen molar-refractivity contribution >= 4 is 11.8 Å². The summed E-state index contributed by atoms with van der Waals surface area (Å²) in [6, 6.07) is 0.121. The smallest absolute Gasteiger partial charge is 0.358 e. The molecule has 1 heterocycles. The van der Waals surface area contributed by atoms with Crippen molar-refractivity contribution < 1.29 is 9.53 Å². The van der Waals surface area contributed by atoms with Crippen LogP contribution in [0.4, 0.5) is 5.82 Å². The third-order valence-corrected chi connectivity index (χ3v) is 2.43. The topological polar surface area (TPSA) is 70.1 Å². The number of anilines is 1. The van der Waals surface area contributed by atoms with E-state index in [0.717, 1.165) is 5.56 Å². The minimum Gasteiger partial charge on any atom is -0.464 e. The highest BCUT2D eigenvalue weighted by Crippen LogP contribution is 2.28. The van der Waals surface area contributed by atoms with Crippen LogP contribution >= 0.6 is 0 Å². The van der Waals surface area contributed by atoms with E-state index in [9.17, 15) is 4.79 Å². The fraction of sp³-hybridized carbons (Fsp3) is 0.636. The predicted octanol–water partition coefficient (Wildman–Crippen LogP) is 1.96. The van der Waals surface area contributed by atoms with Crippen molar-refractivity contribution in [3.63, 3.8) is 0 Å².